The number of nitrogens with one attached hydrogen (secondary N) is 1. The molecule has 0 aliphatic rings. The first-order chi connectivity index (χ1) is 7.18. The highest BCUT2D eigenvalue weighted by Gasteiger charge is 1.96. The van der Waals surface area contributed by atoms with Crippen molar-refractivity contribution < 1.29 is 14.6 Å². The lowest BCUT2D eigenvalue weighted by Gasteiger charge is -2.04. The molecule has 1 amide bonds. The normalized spacial score (nSPS) is 9.67. The maximum Gasteiger partial charge on any atom is 0.404 e. The Morgan fingerprint density at radius 3 is 3.00 bits per heavy atom. The smallest absolute Gasteiger partial charge is 0.404 e. The van der Waals surface area contributed by atoms with Crippen molar-refractivity contribution in [2.75, 3.05) is 13.2 Å². The van der Waals surface area contributed by atoms with Gasteiger partial charge >= 0.3 is 6.09 Å². The van der Waals surface area contributed by atoms with Gasteiger partial charge in [0.05, 0.1) is 6.61 Å². The molecule has 0 aliphatic carbocycles. The van der Waals surface area contributed by atoms with Gasteiger partial charge in [0.25, 0.3) is 0 Å². The third-order valence-corrected chi connectivity index (χ3v) is 2.19. The van der Waals surface area contributed by atoms with Crippen molar-refractivity contribution in [3.05, 3.63) is 21.9 Å². The van der Waals surface area contributed by atoms with Crippen LogP contribution in [0.4, 0.5) is 4.79 Å². The van der Waals surface area contributed by atoms with Crippen LogP contribution in [-0.2, 0) is 0 Å². The van der Waals surface area contributed by atoms with Crippen molar-refractivity contribution in [2.24, 2.45) is 0 Å². The van der Waals surface area contributed by atoms with E-state index in [4.69, 9.17) is 9.84 Å². The molecule has 0 fully saturated rings. The fourth-order valence-electron chi connectivity index (χ4n) is 0.892. The minimum atomic E-state index is -1.01. The lowest BCUT2D eigenvalue weighted by molar-refractivity contribution is 0.193. The summed E-state index contributed by atoms with van der Waals surface area (Å²) >= 11 is 2.16. The quantitative estimate of drug-likeness (QED) is 0.640. The summed E-state index contributed by atoms with van der Waals surface area (Å²) in [6.45, 7) is 0.841. The van der Waals surface area contributed by atoms with Gasteiger partial charge in [-0.1, -0.05) is 0 Å². The van der Waals surface area contributed by atoms with Crippen LogP contribution in [-0.4, -0.2) is 29.3 Å². The Kier molecular flexibility index (Phi) is 5.16. The number of halogens is 1. The lowest BCUT2D eigenvalue weighted by atomic mass is 10.4. The van der Waals surface area contributed by atoms with Gasteiger partial charge in [-0.2, -0.15) is 0 Å². The van der Waals surface area contributed by atoms with Gasteiger partial charge in [0, 0.05) is 22.4 Å². The van der Waals surface area contributed by atoms with Crippen LogP contribution in [0, 0.1) is 3.57 Å². The van der Waals surface area contributed by atoms with E-state index in [9.17, 15) is 4.79 Å². The van der Waals surface area contributed by atoms with Crippen molar-refractivity contribution in [3.63, 3.8) is 0 Å². The van der Waals surface area contributed by atoms with Gasteiger partial charge < -0.3 is 15.2 Å². The first-order valence-corrected chi connectivity index (χ1v) is 5.47. The molecule has 0 radical (unpaired) electrons. The number of amides is 1. The van der Waals surface area contributed by atoms with Crippen LogP contribution < -0.4 is 10.1 Å². The van der Waals surface area contributed by atoms with E-state index in [-0.39, 0.29) is 0 Å². The van der Waals surface area contributed by atoms with Gasteiger partial charge in [-0.15, -0.1) is 0 Å². The lowest BCUT2D eigenvalue weighted by Crippen LogP contribution is -2.23. The van der Waals surface area contributed by atoms with Crippen LogP contribution >= 0.6 is 22.6 Å². The Hall–Kier alpha value is -1.05. The van der Waals surface area contributed by atoms with Crippen LogP contribution in [0.15, 0.2) is 18.3 Å². The number of ether oxygens (including phenoxy) is 1. The number of carboxylic acid groups (broad SMARTS) is 1. The number of carbonyl (C=O) groups is 1. The molecule has 0 bridgehead atoms. The highest BCUT2D eigenvalue weighted by Crippen LogP contribution is 2.08. The molecule has 15 heavy (non-hydrogen) atoms. The molecule has 0 aromatic carbocycles. The number of hydrogen-bond acceptors (Lipinski definition) is 3. The van der Waals surface area contributed by atoms with Gasteiger partial charge in [-0.25, -0.2) is 9.78 Å². The zero-order valence-electron chi connectivity index (χ0n) is 7.94. The topological polar surface area (TPSA) is 71.5 Å². The first kappa shape index (κ1) is 12.0. The summed E-state index contributed by atoms with van der Waals surface area (Å²) in [5.74, 6) is 0.561. The summed E-state index contributed by atoms with van der Waals surface area (Å²) < 4.78 is 6.34. The van der Waals surface area contributed by atoms with Crippen LogP contribution in [0.5, 0.6) is 5.88 Å². The monoisotopic (exact) mass is 322 g/mol. The molecule has 2 N–H and O–H groups in total. The average molecular weight is 322 g/mol. The molecule has 0 aliphatic heterocycles. The highest BCUT2D eigenvalue weighted by molar-refractivity contribution is 14.1. The Bertz CT molecular complexity index is 316. The molecule has 82 valence electrons. The van der Waals surface area contributed by atoms with Gasteiger partial charge in [-0.05, 0) is 35.1 Å². The van der Waals surface area contributed by atoms with E-state index >= 15 is 0 Å². The molecule has 0 saturated carbocycles. The van der Waals surface area contributed by atoms with Crippen LogP contribution in [0.1, 0.15) is 6.42 Å². The maximum absolute atomic E-state index is 10.1. The minimum absolute atomic E-state index is 0.389. The number of nitrogens with zero attached hydrogens (tertiary/aromatic N) is 1. The number of rotatable bonds is 5. The molecule has 1 aromatic heterocycles. The Labute approximate surface area is 101 Å². The van der Waals surface area contributed by atoms with Crippen LogP contribution in [0.3, 0.4) is 0 Å². The third kappa shape index (κ3) is 5.40. The predicted molar refractivity (Wildman–Crippen MR) is 63.1 cm³/mol. The van der Waals surface area contributed by atoms with E-state index in [1.165, 1.54) is 0 Å². The van der Waals surface area contributed by atoms with E-state index in [0.717, 1.165) is 3.57 Å². The van der Waals surface area contributed by atoms with Crippen molar-refractivity contribution in [3.8, 4) is 5.88 Å². The van der Waals surface area contributed by atoms with E-state index in [1.54, 1.807) is 12.3 Å². The zero-order valence-corrected chi connectivity index (χ0v) is 10.1. The molecular formula is C9H11IN2O3. The number of pyridine rings is 1. The second-order valence-electron chi connectivity index (χ2n) is 2.75. The average Bonchev–Trinajstić information content (AvgIpc) is 2.20. The maximum atomic E-state index is 10.1. The summed E-state index contributed by atoms with van der Waals surface area (Å²) in [6, 6.07) is 3.69. The molecule has 0 spiro atoms. The molecule has 1 heterocycles. The molecule has 6 heteroatoms. The standard InChI is InChI=1S/C9H11IN2O3/c10-7-2-3-8(12-6-7)15-5-1-4-11-9(13)14/h2-3,6,11H,1,4-5H2,(H,13,14). The van der Waals surface area contributed by atoms with E-state index in [2.05, 4.69) is 32.9 Å². The summed E-state index contributed by atoms with van der Waals surface area (Å²) in [5, 5.41) is 10.6. The van der Waals surface area contributed by atoms with Gasteiger partial charge in [0.15, 0.2) is 0 Å². The second kappa shape index (κ2) is 6.44. The van der Waals surface area contributed by atoms with E-state index < -0.39 is 6.09 Å². The summed E-state index contributed by atoms with van der Waals surface area (Å²) in [6.07, 6.45) is 1.33. The molecule has 0 atom stereocenters. The van der Waals surface area contributed by atoms with Crippen LogP contribution in [0.2, 0.25) is 0 Å². The van der Waals surface area contributed by atoms with Gasteiger partial charge in [0.2, 0.25) is 5.88 Å². The summed E-state index contributed by atoms with van der Waals surface area (Å²) in [7, 11) is 0. The minimum Gasteiger partial charge on any atom is -0.478 e. The van der Waals surface area contributed by atoms with Crippen molar-refractivity contribution >= 4 is 28.7 Å². The van der Waals surface area contributed by atoms with Crippen molar-refractivity contribution in [1.29, 1.82) is 0 Å². The molecule has 1 rings (SSSR count). The Morgan fingerprint density at radius 1 is 1.60 bits per heavy atom. The van der Waals surface area contributed by atoms with E-state index in [1.807, 2.05) is 6.07 Å². The SMILES string of the molecule is O=C(O)NCCCOc1ccc(I)cn1. The zero-order chi connectivity index (χ0) is 11.1. The predicted octanol–water partition coefficient (Wildman–Crippen LogP) is 1.72. The largest absolute Gasteiger partial charge is 0.478 e. The number of aromatic nitrogens is 1. The highest BCUT2D eigenvalue weighted by atomic mass is 127. The fourth-order valence-corrected chi connectivity index (χ4v) is 1.21. The van der Waals surface area contributed by atoms with Crippen LogP contribution in [0.25, 0.3) is 0 Å². The molecule has 0 saturated heterocycles. The van der Waals surface area contributed by atoms with Crippen molar-refractivity contribution in [2.45, 2.75) is 6.42 Å². The molecule has 0 unspecified atom stereocenters. The summed E-state index contributed by atoms with van der Waals surface area (Å²) in [5.41, 5.74) is 0. The second-order valence-corrected chi connectivity index (χ2v) is 3.99. The third-order valence-electron chi connectivity index (χ3n) is 1.55. The van der Waals surface area contributed by atoms with Crippen molar-refractivity contribution in [1.82, 2.24) is 10.3 Å². The van der Waals surface area contributed by atoms with Gasteiger partial charge in [-0.3, -0.25) is 0 Å². The first-order valence-electron chi connectivity index (χ1n) is 4.39. The molecule has 1 aromatic rings. The van der Waals surface area contributed by atoms with Gasteiger partial charge in [0.1, 0.15) is 0 Å². The number of hydrogen-bond donors (Lipinski definition) is 2. The Balaban J connectivity index is 2.15. The van der Waals surface area contributed by atoms with E-state index in [0.29, 0.717) is 25.5 Å². The molecular weight excluding hydrogens is 311 g/mol. The fraction of sp³-hybridized carbons (Fsp3) is 0.333. The Morgan fingerprint density at radius 2 is 2.40 bits per heavy atom. The molecule has 5 nitrogen and oxygen atoms in total. The summed E-state index contributed by atoms with van der Waals surface area (Å²) in [4.78, 5) is 14.1.